The van der Waals surface area contributed by atoms with E-state index < -0.39 is 59.6 Å². The van der Waals surface area contributed by atoms with E-state index in [1.807, 2.05) is 0 Å². The van der Waals surface area contributed by atoms with Gasteiger partial charge in [0.2, 0.25) is 5.91 Å². The molecule has 0 aromatic carbocycles. The van der Waals surface area contributed by atoms with Gasteiger partial charge in [-0.05, 0) is 18.9 Å². The van der Waals surface area contributed by atoms with Gasteiger partial charge in [-0.3, -0.25) is 4.79 Å². The summed E-state index contributed by atoms with van der Waals surface area (Å²) in [6, 6.07) is -1.52. The van der Waals surface area contributed by atoms with Gasteiger partial charge in [0.15, 0.2) is 4.58 Å². The number of carbonyl (C=O) groups is 1. The Labute approximate surface area is 151 Å². The minimum absolute atomic E-state index is 0.00236. The molecule has 1 aliphatic carbocycles. The second-order valence-electron chi connectivity index (χ2n) is 5.97. The molecule has 1 N–H and O–H groups in total. The Balaban J connectivity index is 3.65. The summed E-state index contributed by atoms with van der Waals surface area (Å²) in [5.41, 5.74) is -12.5. The van der Waals surface area contributed by atoms with E-state index in [1.165, 1.54) is 0 Å². The standard InChI is InChI=1S/C13H17F6NO5S2/c1-2-10(21)20-9-7-5-3-4-6-8(9)11(26(22,23)12(14,15)16)27(24,25)13(17,18)19/h2,8-9,11H,1,3-7H2,(H,20,21). The number of carbonyl (C=O) groups excluding carboxylic acids is 1. The molecule has 14 heteroatoms. The van der Waals surface area contributed by atoms with E-state index in [1.54, 1.807) is 0 Å². The first-order valence-corrected chi connectivity index (χ1v) is 10.7. The minimum atomic E-state index is -6.76. The third-order valence-electron chi connectivity index (χ3n) is 4.19. The molecular formula is C13H17F6NO5S2. The Hall–Kier alpha value is -1.31. The van der Waals surface area contributed by atoms with Crippen molar-refractivity contribution in [2.45, 2.75) is 53.7 Å². The lowest BCUT2D eigenvalue weighted by Gasteiger charge is -2.32. The number of nitrogens with one attached hydrogen (secondary N) is 1. The van der Waals surface area contributed by atoms with E-state index in [4.69, 9.17) is 0 Å². The lowest BCUT2D eigenvalue weighted by molar-refractivity contribution is -0.117. The highest BCUT2D eigenvalue weighted by molar-refractivity contribution is 8.09. The van der Waals surface area contributed by atoms with Crippen molar-refractivity contribution < 1.29 is 48.0 Å². The van der Waals surface area contributed by atoms with Gasteiger partial charge >= 0.3 is 11.0 Å². The van der Waals surface area contributed by atoms with Gasteiger partial charge in [0, 0.05) is 12.0 Å². The monoisotopic (exact) mass is 445 g/mol. The summed E-state index contributed by atoms with van der Waals surface area (Å²) in [4.78, 5) is 11.5. The van der Waals surface area contributed by atoms with Crippen molar-refractivity contribution in [3.8, 4) is 0 Å². The van der Waals surface area contributed by atoms with Gasteiger partial charge in [0.1, 0.15) is 0 Å². The molecule has 27 heavy (non-hydrogen) atoms. The summed E-state index contributed by atoms with van der Waals surface area (Å²) in [6.07, 6.45) is 0.528. The van der Waals surface area contributed by atoms with E-state index in [0.717, 1.165) is 0 Å². The molecule has 1 rings (SSSR count). The third kappa shape index (κ3) is 4.95. The molecule has 6 nitrogen and oxygen atoms in total. The molecule has 1 amide bonds. The Bertz CT molecular complexity index is 728. The average Bonchev–Trinajstić information content (AvgIpc) is 2.70. The topological polar surface area (TPSA) is 97.4 Å². The zero-order valence-electron chi connectivity index (χ0n) is 13.7. The second kappa shape index (κ2) is 7.97. The van der Waals surface area contributed by atoms with Crippen LogP contribution in [0.25, 0.3) is 0 Å². The van der Waals surface area contributed by atoms with Crippen LogP contribution < -0.4 is 5.32 Å². The molecule has 2 atom stereocenters. The smallest absolute Gasteiger partial charge is 0.349 e. The number of halogens is 6. The summed E-state index contributed by atoms with van der Waals surface area (Å²) >= 11 is 0. The molecular weight excluding hydrogens is 428 g/mol. The van der Waals surface area contributed by atoms with E-state index in [2.05, 4.69) is 11.9 Å². The van der Waals surface area contributed by atoms with E-state index in [9.17, 15) is 48.0 Å². The molecule has 0 radical (unpaired) electrons. The highest BCUT2D eigenvalue weighted by atomic mass is 32.3. The van der Waals surface area contributed by atoms with Gasteiger partial charge in [-0.25, -0.2) is 16.8 Å². The molecule has 0 bridgehead atoms. The van der Waals surface area contributed by atoms with Crippen LogP contribution in [0.5, 0.6) is 0 Å². The summed E-state index contributed by atoms with van der Waals surface area (Å²) in [6.45, 7) is 3.09. The Morgan fingerprint density at radius 2 is 1.37 bits per heavy atom. The SMILES string of the molecule is C=CC(=O)NC1CCCCCC1C(S(=O)(=O)C(F)(F)F)S(=O)(=O)C(F)(F)F. The van der Waals surface area contributed by atoms with E-state index >= 15 is 0 Å². The molecule has 0 spiro atoms. The van der Waals surface area contributed by atoms with Crippen LogP contribution in [0.1, 0.15) is 32.1 Å². The van der Waals surface area contributed by atoms with Gasteiger partial charge in [0.05, 0.1) is 0 Å². The van der Waals surface area contributed by atoms with Crippen LogP contribution in [0.3, 0.4) is 0 Å². The van der Waals surface area contributed by atoms with Crippen LogP contribution in [0.2, 0.25) is 0 Å². The van der Waals surface area contributed by atoms with Crippen molar-refractivity contribution in [2.24, 2.45) is 5.92 Å². The fourth-order valence-corrected chi connectivity index (χ4v) is 7.06. The highest BCUT2D eigenvalue weighted by Gasteiger charge is 2.65. The third-order valence-corrected chi connectivity index (χ3v) is 8.92. The molecule has 0 aliphatic heterocycles. The highest BCUT2D eigenvalue weighted by Crippen LogP contribution is 2.43. The van der Waals surface area contributed by atoms with Crippen molar-refractivity contribution in [1.29, 1.82) is 0 Å². The molecule has 1 fully saturated rings. The average molecular weight is 445 g/mol. The molecule has 0 aromatic rings. The molecule has 1 saturated carbocycles. The van der Waals surface area contributed by atoms with E-state index in [-0.39, 0.29) is 19.3 Å². The quantitative estimate of drug-likeness (QED) is 0.398. The number of alkyl halides is 6. The maximum Gasteiger partial charge on any atom is 0.498 e. The van der Waals surface area contributed by atoms with Gasteiger partial charge in [-0.1, -0.05) is 25.8 Å². The first-order chi connectivity index (χ1) is 12.1. The second-order valence-corrected chi connectivity index (χ2v) is 10.4. The number of hydrogen-bond acceptors (Lipinski definition) is 5. The summed E-state index contributed by atoms with van der Waals surface area (Å²) in [5, 5.41) is 2.07. The lowest BCUT2D eigenvalue weighted by atomic mass is 9.96. The van der Waals surface area contributed by atoms with Crippen LogP contribution in [0.4, 0.5) is 26.3 Å². The summed E-state index contributed by atoms with van der Waals surface area (Å²) in [5.74, 6) is -3.10. The Morgan fingerprint density at radius 3 is 1.78 bits per heavy atom. The Kier molecular flexibility index (Phi) is 7.01. The van der Waals surface area contributed by atoms with Crippen LogP contribution in [-0.2, 0) is 24.5 Å². The van der Waals surface area contributed by atoms with Gasteiger partial charge in [0.25, 0.3) is 19.7 Å². The molecule has 0 saturated heterocycles. The number of hydrogen-bond donors (Lipinski definition) is 1. The normalized spacial score (nSPS) is 22.9. The van der Waals surface area contributed by atoms with Crippen molar-refractivity contribution in [2.75, 3.05) is 0 Å². The molecule has 0 aromatic heterocycles. The first-order valence-electron chi connectivity index (χ1n) is 7.60. The number of amides is 1. The van der Waals surface area contributed by atoms with Crippen molar-refractivity contribution >= 4 is 25.6 Å². The maximum absolute atomic E-state index is 13.0. The van der Waals surface area contributed by atoms with Gasteiger partial charge in [-0.15, -0.1) is 0 Å². The van der Waals surface area contributed by atoms with Gasteiger partial charge < -0.3 is 5.32 Å². The Morgan fingerprint density at radius 1 is 0.926 bits per heavy atom. The molecule has 2 unspecified atom stereocenters. The van der Waals surface area contributed by atoms with Crippen LogP contribution in [-0.4, -0.2) is 44.4 Å². The predicted octanol–water partition coefficient (Wildman–Crippen LogP) is 2.43. The summed E-state index contributed by atoms with van der Waals surface area (Å²) < 4.78 is 121. The van der Waals surface area contributed by atoms with Crippen LogP contribution >= 0.6 is 0 Å². The molecule has 158 valence electrons. The van der Waals surface area contributed by atoms with Crippen LogP contribution in [0.15, 0.2) is 12.7 Å². The van der Waals surface area contributed by atoms with Crippen molar-refractivity contribution in [1.82, 2.24) is 5.32 Å². The fourth-order valence-electron chi connectivity index (χ4n) is 2.97. The lowest BCUT2D eigenvalue weighted by Crippen LogP contribution is -2.54. The molecule has 0 heterocycles. The zero-order chi connectivity index (χ0) is 21.3. The summed E-state index contributed by atoms with van der Waals surface area (Å²) in [7, 11) is -13.5. The first kappa shape index (κ1) is 23.7. The number of rotatable bonds is 5. The maximum atomic E-state index is 13.0. The number of sulfone groups is 2. The van der Waals surface area contributed by atoms with Crippen molar-refractivity contribution in [3.63, 3.8) is 0 Å². The largest absolute Gasteiger partial charge is 0.498 e. The van der Waals surface area contributed by atoms with Crippen molar-refractivity contribution in [3.05, 3.63) is 12.7 Å². The van der Waals surface area contributed by atoms with Crippen LogP contribution in [0, 0.1) is 5.92 Å². The fraction of sp³-hybridized carbons (Fsp3) is 0.769. The molecule has 1 aliphatic rings. The van der Waals surface area contributed by atoms with Gasteiger partial charge in [-0.2, -0.15) is 26.3 Å². The van der Waals surface area contributed by atoms with E-state index in [0.29, 0.717) is 12.5 Å². The predicted molar refractivity (Wildman–Crippen MR) is 82.4 cm³/mol. The minimum Gasteiger partial charge on any atom is -0.349 e. The zero-order valence-corrected chi connectivity index (χ0v) is 15.3.